The highest BCUT2D eigenvalue weighted by molar-refractivity contribution is 5.85. The number of aromatic nitrogens is 2. The molecule has 5 heteroatoms. The van der Waals surface area contributed by atoms with Crippen molar-refractivity contribution in [2.24, 2.45) is 5.73 Å². The minimum Gasteiger partial charge on any atom is -0.342 e. The summed E-state index contributed by atoms with van der Waals surface area (Å²) in [6.45, 7) is 1.95. The number of nitrogens with two attached hydrogens (primary N) is 1. The molecule has 3 nitrogen and oxygen atoms in total. The molecule has 3 N–H and O–H groups in total. The number of pyridine rings is 1. The smallest absolute Gasteiger partial charge is 0.137 e. The van der Waals surface area contributed by atoms with E-state index in [0.29, 0.717) is 0 Å². The molecule has 0 aromatic carbocycles. The van der Waals surface area contributed by atoms with Gasteiger partial charge in [0.1, 0.15) is 5.65 Å². The normalized spacial score (nSPS) is 11.6. The van der Waals surface area contributed by atoms with Crippen LogP contribution in [-0.4, -0.2) is 9.97 Å². The summed E-state index contributed by atoms with van der Waals surface area (Å²) in [4.78, 5) is 7.33. The minimum atomic E-state index is 0. The van der Waals surface area contributed by atoms with E-state index in [2.05, 4.69) is 9.97 Å². The van der Waals surface area contributed by atoms with Crippen molar-refractivity contribution in [2.75, 3.05) is 0 Å². The fourth-order valence-corrected chi connectivity index (χ4v) is 1.22. The molecular weight excluding hydrogens is 221 g/mol. The van der Waals surface area contributed by atoms with Crippen molar-refractivity contribution in [3.05, 3.63) is 30.1 Å². The van der Waals surface area contributed by atoms with Crippen LogP contribution in [-0.2, 0) is 0 Å². The van der Waals surface area contributed by atoms with Crippen LogP contribution < -0.4 is 5.73 Å². The Balaban J connectivity index is 0.000000845. The molecule has 0 saturated heterocycles. The fraction of sp³-hybridized carbons (Fsp3) is 0.222. The van der Waals surface area contributed by atoms with Crippen LogP contribution in [0.25, 0.3) is 11.0 Å². The number of fused-ring (bicyclic) bond motifs is 1. The first kappa shape index (κ1) is 13.2. The summed E-state index contributed by atoms with van der Waals surface area (Å²) in [7, 11) is 0. The van der Waals surface area contributed by atoms with E-state index < -0.39 is 0 Å². The molecule has 14 heavy (non-hydrogen) atoms. The van der Waals surface area contributed by atoms with Crippen LogP contribution in [0.2, 0.25) is 0 Å². The summed E-state index contributed by atoms with van der Waals surface area (Å²) in [5, 5.41) is 1.12. The average molecular weight is 234 g/mol. The van der Waals surface area contributed by atoms with Gasteiger partial charge in [-0.2, -0.15) is 0 Å². The SMILES string of the molecule is CC(N)c1cc2cccnc2[nH]1.Cl.Cl. The zero-order valence-electron chi connectivity index (χ0n) is 7.73. The van der Waals surface area contributed by atoms with E-state index in [4.69, 9.17) is 5.73 Å². The number of halogens is 2. The maximum atomic E-state index is 5.72. The second-order valence-electron chi connectivity index (χ2n) is 2.95. The molecule has 0 aliphatic heterocycles. The number of nitrogens with one attached hydrogen (secondary N) is 1. The van der Waals surface area contributed by atoms with Crippen LogP contribution in [0.3, 0.4) is 0 Å². The predicted octanol–water partition coefficient (Wildman–Crippen LogP) is 2.43. The monoisotopic (exact) mass is 233 g/mol. The molecule has 0 saturated carbocycles. The minimum absolute atomic E-state index is 0. The van der Waals surface area contributed by atoms with E-state index >= 15 is 0 Å². The Morgan fingerprint density at radius 2 is 2.14 bits per heavy atom. The highest BCUT2D eigenvalue weighted by Gasteiger charge is 2.03. The van der Waals surface area contributed by atoms with Crippen molar-refractivity contribution in [1.29, 1.82) is 0 Å². The van der Waals surface area contributed by atoms with E-state index in [-0.39, 0.29) is 30.9 Å². The third-order valence-corrected chi connectivity index (χ3v) is 1.90. The zero-order valence-corrected chi connectivity index (χ0v) is 9.36. The second-order valence-corrected chi connectivity index (χ2v) is 2.95. The molecule has 2 heterocycles. The van der Waals surface area contributed by atoms with Crippen LogP contribution in [0.4, 0.5) is 0 Å². The van der Waals surface area contributed by atoms with Gasteiger partial charge < -0.3 is 10.7 Å². The lowest BCUT2D eigenvalue weighted by Crippen LogP contribution is -2.04. The number of hydrogen-bond donors (Lipinski definition) is 2. The van der Waals surface area contributed by atoms with Crippen LogP contribution in [0.15, 0.2) is 24.4 Å². The Morgan fingerprint density at radius 3 is 2.71 bits per heavy atom. The third kappa shape index (κ3) is 2.38. The summed E-state index contributed by atoms with van der Waals surface area (Å²) < 4.78 is 0. The van der Waals surface area contributed by atoms with Gasteiger partial charge in [-0.25, -0.2) is 4.98 Å². The zero-order chi connectivity index (χ0) is 8.55. The van der Waals surface area contributed by atoms with Gasteiger partial charge in [0.05, 0.1) is 0 Å². The number of rotatable bonds is 1. The molecule has 1 atom stereocenters. The van der Waals surface area contributed by atoms with Crippen molar-refractivity contribution >= 4 is 35.8 Å². The predicted molar refractivity (Wildman–Crippen MR) is 63.2 cm³/mol. The lowest BCUT2D eigenvalue weighted by atomic mass is 10.2. The molecule has 0 amide bonds. The van der Waals surface area contributed by atoms with Crippen molar-refractivity contribution < 1.29 is 0 Å². The van der Waals surface area contributed by atoms with Gasteiger partial charge in [-0.15, -0.1) is 24.8 Å². The number of nitrogens with zero attached hydrogens (tertiary/aromatic N) is 1. The quantitative estimate of drug-likeness (QED) is 0.796. The largest absolute Gasteiger partial charge is 0.342 e. The summed E-state index contributed by atoms with van der Waals surface area (Å²) in [5.74, 6) is 0. The Kier molecular flexibility index (Phi) is 4.91. The first-order chi connectivity index (χ1) is 5.77. The summed E-state index contributed by atoms with van der Waals surface area (Å²) in [6, 6.07) is 6.01. The van der Waals surface area contributed by atoms with Crippen molar-refractivity contribution in [2.45, 2.75) is 13.0 Å². The highest BCUT2D eigenvalue weighted by Crippen LogP contribution is 2.15. The summed E-state index contributed by atoms with van der Waals surface area (Å²) in [5.41, 5.74) is 7.66. The molecule has 0 aliphatic rings. The maximum Gasteiger partial charge on any atom is 0.137 e. The average Bonchev–Trinajstić information content (AvgIpc) is 2.46. The molecule has 78 valence electrons. The molecule has 0 spiro atoms. The Hall–Kier alpha value is -0.770. The Morgan fingerprint density at radius 1 is 1.43 bits per heavy atom. The van der Waals surface area contributed by atoms with Crippen molar-refractivity contribution in [3.63, 3.8) is 0 Å². The first-order valence-corrected chi connectivity index (χ1v) is 3.96. The Bertz CT molecular complexity index is 365. The standard InChI is InChI=1S/C9H11N3.2ClH/c1-6(10)8-5-7-3-2-4-11-9(7)12-8;;/h2-6H,10H2,1H3,(H,11,12);2*1H. The molecule has 0 fully saturated rings. The van der Waals surface area contributed by atoms with Gasteiger partial charge in [-0.3, -0.25) is 0 Å². The van der Waals surface area contributed by atoms with Crippen molar-refractivity contribution in [1.82, 2.24) is 9.97 Å². The molecule has 0 bridgehead atoms. The molecule has 2 aromatic heterocycles. The topological polar surface area (TPSA) is 54.7 Å². The third-order valence-electron chi connectivity index (χ3n) is 1.90. The summed E-state index contributed by atoms with van der Waals surface area (Å²) >= 11 is 0. The van der Waals surface area contributed by atoms with Gasteiger partial charge in [0.15, 0.2) is 0 Å². The van der Waals surface area contributed by atoms with Gasteiger partial charge in [-0.05, 0) is 25.1 Å². The van der Waals surface area contributed by atoms with Crippen LogP contribution in [0, 0.1) is 0 Å². The fourth-order valence-electron chi connectivity index (χ4n) is 1.22. The van der Waals surface area contributed by atoms with Crippen LogP contribution in [0.5, 0.6) is 0 Å². The maximum absolute atomic E-state index is 5.72. The molecule has 1 unspecified atom stereocenters. The number of H-pyrrole nitrogens is 1. The summed E-state index contributed by atoms with van der Waals surface area (Å²) in [6.07, 6.45) is 1.77. The molecular formula is C9H13Cl2N3. The second kappa shape index (κ2) is 5.20. The van der Waals surface area contributed by atoms with E-state index in [9.17, 15) is 0 Å². The molecule has 2 rings (SSSR count). The van der Waals surface area contributed by atoms with Crippen molar-refractivity contribution in [3.8, 4) is 0 Å². The first-order valence-electron chi connectivity index (χ1n) is 3.96. The van der Waals surface area contributed by atoms with Gasteiger partial charge in [-0.1, -0.05) is 0 Å². The molecule has 2 aromatic rings. The van der Waals surface area contributed by atoms with E-state index in [1.807, 2.05) is 25.1 Å². The number of hydrogen-bond acceptors (Lipinski definition) is 2. The lowest BCUT2D eigenvalue weighted by molar-refractivity contribution is 0.791. The van der Waals surface area contributed by atoms with Crippen LogP contribution >= 0.6 is 24.8 Å². The van der Waals surface area contributed by atoms with Gasteiger partial charge in [0.2, 0.25) is 0 Å². The van der Waals surface area contributed by atoms with E-state index in [0.717, 1.165) is 16.7 Å². The van der Waals surface area contributed by atoms with Gasteiger partial charge in [0.25, 0.3) is 0 Å². The number of aromatic amines is 1. The van der Waals surface area contributed by atoms with E-state index in [1.54, 1.807) is 6.20 Å². The van der Waals surface area contributed by atoms with E-state index in [1.165, 1.54) is 0 Å². The van der Waals surface area contributed by atoms with Gasteiger partial charge in [0, 0.05) is 23.3 Å². The Labute approximate surface area is 94.9 Å². The van der Waals surface area contributed by atoms with Gasteiger partial charge >= 0.3 is 0 Å². The molecule has 0 radical (unpaired) electrons. The highest BCUT2D eigenvalue weighted by atomic mass is 35.5. The molecule has 0 aliphatic carbocycles. The lowest BCUT2D eigenvalue weighted by Gasteiger charge is -1.97. The van der Waals surface area contributed by atoms with Crippen LogP contribution in [0.1, 0.15) is 18.7 Å².